The van der Waals surface area contributed by atoms with E-state index in [0.29, 0.717) is 40.3 Å². The fourth-order valence-electron chi connectivity index (χ4n) is 7.72. The van der Waals surface area contributed by atoms with E-state index >= 15 is 0 Å². The van der Waals surface area contributed by atoms with E-state index in [0.717, 1.165) is 93.3 Å². The predicted molar refractivity (Wildman–Crippen MR) is 221 cm³/mol. The first-order chi connectivity index (χ1) is 25.5. The number of rotatable bonds is 19. The number of hydrogen-bond acceptors (Lipinski definition) is 7. The Morgan fingerprint density at radius 1 is 1.23 bits per heavy atom. The molecule has 9 nitrogen and oxygen atoms in total. The summed E-state index contributed by atoms with van der Waals surface area (Å²) in [5, 5.41) is 20.2. The van der Waals surface area contributed by atoms with Crippen LogP contribution in [0.2, 0.25) is 0 Å². The van der Waals surface area contributed by atoms with E-state index < -0.39 is 0 Å². The molecule has 284 valence electrons. The Labute approximate surface area is 320 Å². The molecule has 0 spiro atoms. The SMILES string of the molecule is C=C(C(=C/C)/C(=C\CNCCN(CCC)CC1=C(C/C=C/Cl)CC(C)(C)CC1)Oc1cnc2[nH]ccc2c1)c1cc2c(c([N+](=O)[O-])c1)NC(CCC)C2. The fraction of sp³-hybridized carbons (Fsp3) is 0.465. The van der Waals surface area contributed by atoms with Crippen LogP contribution in [0.25, 0.3) is 16.6 Å². The lowest BCUT2D eigenvalue weighted by molar-refractivity contribution is -0.384. The molecule has 53 heavy (non-hydrogen) atoms. The summed E-state index contributed by atoms with van der Waals surface area (Å²) in [6.45, 7) is 19.8. The first-order valence-corrected chi connectivity index (χ1v) is 19.6. The Balaban J connectivity index is 1.34. The summed E-state index contributed by atoms with van der Waals surface area (Å²) in [7, 11) is 0. The molecule has 2 aromatic heterocycles. The Morgan fingerprint density at radius 2 is 2.06 bits per heavy atom. The summed E-state index contributed by atoms with van der Waals surface area (Å²) in [4.78, 5) is 22.2. The van der Waals surface area contributed by atoms with E-state index in [1.807, 2.05) is 43.5 Å². The number of benzene rings is 1. The summed E-state index contributed by atoms with van der Waals surface area (Å²) in [5.41, 5.74) is 9.65. The molecular weight excluding hydrogens is 684 g/mol. The number of pyridine rings is 1. The van der Waals surface area contributed by atoms with Crippen molar-refractivity contribution in [3.8, 4) is 5.75 Å². The van der Waals surface area contributed by atoms with Gasteiger partial charge in [-0.05, 0) is 105 Å². The van der Waals surface area contributed by atoms with Crippen LogP contribution in [0.3, 0.4) is 0 Å². The summed E-state index contributed by atoms with van der Waals surface area (Å²) in [6, 6.07) is 7.79. The van der Waals surface area contributed by atoms with E-state index in [2.05, 4.69) is 65.9 Å². The minimum atomic E-state index is -0.299. The normalized spacial score (nSPS) is 17.5. The number of aromatic nitrogens is 2. The highest BCUT2D eigenvalue weighted by atomic mass is 35.5. The van der Waals surface area contributed by atoms with Crippen LogP contribution < -0.4 is 15.4 Å². The van der Waals surface area contributed by atoms with Crippen molar-refractivity contribution in [3.63, 3.8) is 0 Å². The zero-order valence-electron chi connectivity index (χ0n) is 32.2. The van der Waals surface area contributed by atoms with Crippen molar-refractivity contribution in [2.75, 3.05) is 38.0 Å². The topological polar surface area (TPSA) is 108 Å². The molecule has 1 unspecified atom stereocenters. The van der Waals surface area contributed by atoms with E-state index in [1.54, 1.807) is 23.4 Å². The van der Waals surface area contributed by atoms with Gasteiger partial charge in [-0.15, -0.1) is 0 Å². The Hall–Kier alpha value is -4.18. The maximum absolute atomic E-state index is 12.2. The zero-order chi connectivity index (χ0) is 38.0. The summed E-state index contributed by atoms with van der Waals surface area (Å²) >= 11 is 5.93. The molecule has 1 atom stereocenters. The monoisotopic (exact) mass is 740 g/mol. The molecular formula is C43H57ClN6O3. The Bertz CT molecular complexity index is 1890. The molecule has 0 bridgehead atoms. The average Bonchev–Trinajstić information content (AvgIpc) is 3.77. The molecule has 10 heteroatoms. The minimum absolute atomic E-state index is 0.0786. The van der Waals surface area contributed by atoms with Crippen molar-refractivity contribution in [1.82, 2.24) is 20.2 Å². The fourth-order valence-corrected chi connectivity index (χ4v) is 7.80. The van der Waals surface area contributed by atoms with Crippen LogP contribution in [0.15, 0.2) is 89.5 Å². The summed E-state index contributed by atoms with van der Waals surface area (Å²) in [6.07, 6.45) is 17.8. The van der Waals surface area contributed by atoms with Crippen LogP contribution in [0.5, 0.6) is 5.75 Å². The standard InChI is InChI=1S/C43H57ClN6O3/c1-7-11-36-24-35-23-34(26-39(50(51)52)41(35)48-36)30(4)38(9-3)40(53-37-25-31-14-19-46-42(31)47-28-37)15-18-45-20-22-49(21-8-2)29-33-13-16-43(5,6)27-32(33)12-10-17-44/h9-10,14-15,17,19,23,25-26,28,36,45,48H,4,7-8,11-13,16,18,20-22,24,27,29H2,1-3,5-6H3,(H,46,47)/b17-10+,38-9-,40-15+. The molecule has 0 saturated heterocycles. The van der Waals surface area contributed by atoms with Crippen molar-refractivity contribution in [2.24, 2.45) is 5.41 Å². The van der Waals surface area contributed by atoms with Crippen molar-refractivity contribution in [3.05, 3.63) is 111 Å². The van der Waals surface area contributed by atoms with Crippen LogP contribution in [0.1, 0.15) is 90.7 Å². The molecule has 3 heterocycles. The smallest absolute Gasteiger partial charge is 0.293 e. The Kier molecular flexibility index (Phi) is 14.1. The van der Waals surface area contributed by atoms with Crippen LogP contribution in [-0.2, 0) is 6.42 Å². The summed E-state index contributed by atoms with van der Waals surface area (Å²) in [5.74, 6) is 1.21. The first-order valence-electron chi connectivity index (χ1n) is 19.2. The third-order valence-electron chi connectivity index (χ3n) is 10.4. The van der Waals surface area contributed by atoms with Crippen molar-refractivity contribution in [2.45, 2.75) is 92.0 Å². The van der Waals surface area contributed by atoms with Gasteiger partial charge in [-0.2, -0.15) is 0 Å². The van der Waals surface area contributed by atoms with E-state index in [4.69, 9.17) is 16.3 Å². The number of nitro groups is 1. The lowest BCUT2D eigenvalue weighted by Crippen LogP contribution is -2.35. The second kappa shape index (κ2) is 18.7. The molecule has 3 N–H and O–H groups in total. The second-order valence-electron chi connectivity index (χ2n) is 15.2. The number of H-pyrrole nitrogens is 1. The van der Waals surface area contributed by atoms with Gasteiger partial charge in [0.1, 0.15) is 22.8 Å². The van der Waals surface area contributed by atoms with Gasteiger partial charge in [0.2, 0.25) is 0 Å². The number of nitrogens with one attached hydrogen (secondary N) is 3. The molecule has 5 rings (SSSR count). The number of hydrogen-bond donors (Lipinski definition) is 3. The van der Waals surface area contributed by atoms with Gasteiger partial charge in [0.05, 0.1) is 11.1 Å². The van der Waals surface area contributed by atoms with Gasteiger partial charge in [0.15, 0.2) is 0 Å². The number of halogens is 1. The number of nitrogens with zero attached hydrogens (tertiary/aromatic N) is 3. The van der Waals surface area contributed by atoms with Gasteiger partial charge in [0, 0.05) is 61.0 Å². The van der Waals surface area contributed by atoms with Gasteiger partial charge in [-0.1, -0.05) is 75.6 Å². The van der Waals surface area contributed by atoms with Gasteiger partial charge < -0.3 is 20.4 Å². The number of ether oxygens (including phenoxy) is 1. The highest BCUT2D eigenvalue weighted by Gasteiger charge is 2.30. The molecule has 0 saturated carbocycles. The van der Waals surface area contributed by atoms with Crippen LogP contribution in [0.4, 0.5) is 11.4 Å². The van der Waals surface area contributed by atoms with Crippen LogP contribution in [-0.4, -0.2) is 58.6 Å². The quantitative estimate of drug-likeness (QED) is 0.0280. The van der Waals surface area contributed by atoms with E-state index in [9.17, 15) is 10.1 Å². The molecule has 1 aliphatic heterocycles. The van der Waals surface area contributed by atoms with Crippen LogP contribution >= 0.6 is 11.6 Å². The minimum Gasteiger partial charge on any atom is -0.455 e. The third kappa shape index (κ3) is 10.5. The van der Waals surface area contributed by atoms with Gasteiger partial charge in [-0.3, -0.25) is 15.0 Å². The highest BCUT2D eigenvalue weighted by molar-refractivity contribution is 6.25. The number of anilines is 1. The van der Waals surface area contributed by atoms with E-state index in [-0.39, 0.29) is 16.7 Å². The number of aromatic amines is 1. The molecule has 1 aromatic carbocycles. The van der Waals surface area contributed by atoms with Gasteiger partial charge >= 0.3 is 0 Å². The molecule has 0 radical (unpaired) electrons. The molecule has 3 aromatic rings. The largest absolute Gasteiger partial charge is 0.455 e. The van der Waals surface area contributed by atoms with E-state index in [1.165, 1.54) is 12.0 Å². The maximum atomic E-state index is 12.2. The number of fused-ring (bicyclic) bond motifs is 2. The third-order valence-corrected chi connectivity index (χ3v) is 10.6. The van der Waals surface area contributed by atoms with Gasteiger partial charge in [0.25, 0.3) is 5.69 Å². The molecule has 1 aliphatic carbocycles. The zero-order valence-corrected chi connectivity index (χ0v) is 33.0. The highest BCUT2D eigenvalue weighted by Crippen LogP contribution is 2.42. The number of allylic oxidation sites excluding steroid dienone is 4. The van der Waals surface area contributed by atoms with Gasteiger partial charge in [-0.25, -0.2) is 4.98 Å². The van der Waals surface area contributed by atoms with Crippen molar-refractivity contribution >= 4 is 39.6 Å². The predicted octanol–water partition coefficient (Wildman–Crippen LogP) is 10.5. The molecule has 0 amide bonds. The first kappa shape index (κ1) is 40.0. The van der Waals surface area contributed by atoms with Crippen molar-refractivity contribution < 1.29 is 9.66 Å². The molecule has 2 aliphatic rings. The van der Waals surface area contributed by atoms with Crippen LogP contribution in [0, 0.1) is 15.5 Å². The summed E-state index contributed by atoms with van der Waals surface area (Å²) < 4.78 is 6.57. The average molecular weight is 741 g/mol. The lowest BCUT2D eigenvalue weighted by atomic mass is 9.73. The Morgan fingerprint density at radius 3 is 2.79 bits per heavy atom. The second-order valence-corrected chi connectivity index (χ2v) is 15.4. The molecule has 0 fully saturated rings. The maximum Gasteiger partial charge on any atom is 0.293 e. The lowest BCUT2D eigenvalue weighted by Gasteiger charge is -2.35. The number of nitro benzene ring substituents is 1. The van der Waals surface area contributed by atoms with Crippen molar-refractivity contribution in [1.29, 1.82) is 0 Å².